The lowest BCUT2D eigenvalue weighted by molar-refractivity contribution is 0.0155. The molecule has 1 aromatic heterocycles. The third-order valence-electron chi connectivity index (χ3n) is 4.82. The van der Waals surface area contributed by atoms with E-state index in [2.05, 4.69) is 61.7 Å². The van der Waals surface area contributed by atoms with E-state index in [1.54, 1.807) is 0 Å². The molecule has 0 amide bonds. The van der Waals surface area contributed by atoms with Gasteiger partial charge in [-0.1, -0.05) is 30.3 Å². The minimum absolute atomic E-state index is 0.103. The third kappa shape index (κ3) is 3.33. The zero-order valence-corrected chi connectivity index (χ0v) is 14.6. The molecule has 124 valence electrons. The highest BCUT2D eigenvalue weighted by atomic mass is 16.5. The second kappa shape index (κ2) is 6.85. The Hall–Kier alpha value is -1.65. The Morgan fingerprint density at radius 1 is 1.30 bits per heavy atom. The standard InChI is InChI=1S/C19H27N3O/c1-14-18(15(2)21(3)4)22-12-8-11-17(19(22)20-14)23-13-16-9-6-5-7-10-16/h5-7,9-10,15,17H,8,11-13H2,1-4H3. The Bertz CT molecular complexity index is 648. The second-order valence-electron chi connectivity index (χ2n) is 6.66. The van der Waals surface area contributed by atoms with Gasteiger partial charge in [0.25, 0.3) is 0 Å². The quantitative estimate of drug-likeness (QED) is 0.839. The van der Waals surface area contributed by atoms with E-state index in [9.17, 15) is 0 Å². The lowest BCUT2D eigenvalue weighted by Gasteiger charge is -2.28. The molecule has 23 heavy (non-hydrogen) atoms. The Morgan fingerprint density at radius 3 is 2.74 bits per heavy atom. The highest BCUT2D eigenvalue weighted by molar-refractivity contribution is 5.22. The maximum absolute atomic E-state index is 6.21. The Balaban J connectivity index is 1.81. The fraction of sp³-hybridized carbons (Fsp3) is 0.526. The fourth-order valence-corrected chi connectivity index (χ4v) is 3.35. The van der Waals surface area contributed by atoms with Crippen LogP contribution in [-0.4, -0.2) is 28.5 Å². The van der Waals surface area contributed by atoms with Crippen LogP contribution < -0.4 is 0 Å². The molecule has 0 fully saturated rings. The smallest absolute Gasteiger partial charge is 0.138 e. The molecule has 1 aromatic carbocycles. The average Bonchev–Trinajstić information content (AvgIpc) is 2.89. The molecular weight excluding hydrogens is 286 g/mol. The van der Waals surface area contributed by atoms with Gasteiger partial charge >= 0.3 is 0 Å². The summed E-state index contributed by atoms with van der Waals surface area (Å²) in [6.45, 7) is 6.06. The fourth-order valence-electron chi connectivity index (χ4n) is 3.35. The summed E-state index contributed by atoms with van der Waals surface area (Å²) in [6, 6.07) is 10.7. The zero-order valence-electron chi connectivity index (χ0n) is 14.6. The normalized spacial score (nSPS) is 18.9. The molecule has 2 unspecified atom stereocenters. The van der Waals surface area contributed by atoms with Crippen LogP contribution in [0, 0.1) is 6.92 Å². The van der Waals surface area contributed by atoms with Gasteiger partial charge in [0, 0.05) is 12.6 Å². The molecule has 0 N–H and O–H groups in total. The first-order valence-electron chi connectivity index (χ1n) is 8.46. The summed E-state index contributed by atoms with van der Waals surface area (Å²) in [6.07, 6.45) is 2.31. The van der Waals surface area contributed by atoms with E-state index in [4.69, 9.17) is 9.72 Å². The van der Waals surface area contributed by atoms with Crippen LogP contribution in [0.5, 0.6) is 0 Å². The lowest BCUT2D eigenvalue weighted by Crippen LogP contribution is -2.24. The Morgan fingerprint density at radius 2 is 2.04 bits per heavy atom. The number of imidazole rings is 1. The first-order valence-corrected chi connectivity index (χ1v) is 8.46. The largest absolute Gasteiger partial charge is 0.366 e. The maximum atomic E-state index is 6.21. The summed E-state index contributed by atoms with van der Waals surface area (Å²) in [5.41, 5.74) is 3.68. The molecule has 4 nitrogen and oxygen atoms in total. The maximum Gasteiger partial charge on any atom is 0.138 e. The molecule has 0 aliphatic carbocycles. The van der Waals surface area contributed by atoms with Gasteiger partial charge in [-0.3, -0.25) is 0 Å². The van der Waals surface area contributed by atoms with Crippen molar-refractivity contribution in [3.63, 3.8) is 0 Å². The summed E-state index contributed by atoms with van der Waals surface area (Å²) in [5, 5.41) is 0. The molecule has 3 rings (SSSR count). The van der Waals surface area contributed by atoms with Crippen molar-refractivity contribution >= 4 is 0 Å². The second-order valence-corrected chi connectivity index (χ2v) is 6.66. The molecule has 0 radical (unpaired) electrons. The predicted molar refractivity (Wildman–Crippen MR) is 92.3 cm³/mol. The van der Waals surface area contributed by atoms with Crippen LogP contribution >= 0.6 is 0 Å². The number of hydrogen-bond acceptors (Lipinski definition) is 3. The van der Waals surface area contributed by atoms with Crippen LogP contribution in [0.2, 0.25) is 0 Å². The molecule has 2 aromatic rings. The van der Waals surface area contributed by atoms with Gasteiger partial charge in [0.05, 0.1) is 18.0 Å². The molecular formula is C19H27N3O. The monoisotopic (exact) mass is 313 g/mol. The molecule has 0 saturated carbocycles. The first kappa shape index (κ1) is 16.2. The van der Waals surface area contributed by atoms with Gasteiger partial charge in [0.15, 0.2) is 0 Å². The third-order valence-corrected chi connectivity index (χ3v) is 4.82. The topological polar surface area (TPSA) is 30.3 Å². The van der Waals surface area contributed by atoms with Crippen molar-refractivity contribution in [2.24, 2.45) is 0 Å². The number of rotatable bonds is 5. The molecule has 0 saturated heterocycles. The van der Waals surface area contributed by atoms with Crippen molar-refractivity contribution < 1.29 is 4.74 Å². The average molecular weight is 313 g/mol. The summed E-state index contributed by atoms with van der Waals surface area (Å²) >= 11 is 0. The molecule has 0 bridgehead atoms. The van der Waals surface area contributed by atoms with Crippen LogP contribution in [0.25, 0.3) is 0 Å². The van der Waals surface area contributed by atoms with E-state index < -0.39 is 0 Å². The number of benzene rings is 1. The van der Waals surface area contributed by atoms with Crippen LogP contribution in [0.1, 0.15) is 54.7 Å². The zero-order chi connectivity index (χ0) is 16.4. The molecule has 0 spiro atoms. The number of aromatic nitrogens is 2. The lowest BCUT2D eigenvalue weighted by atomic mass is 10.1. The predicted octanol–water partition coefficient (Wildman–Crippen LogP) is 3.87. The van der Waals surface area contributed by atoms with Crippen molar-refractivity contribution in [1.29, 1.82) is 0 Å². The van der Waals surface area contributed by atoms with Gasteiger partial charge in [0.2, 0.25) is 0 Å². The molecule has 2 heterocycles. The van der Waals surface area contributed by atoms with Gasteiger partial charge < -0.3 is 14.2 Å². The van der Waals surface area contributed by atoms with Crippen molar-refractivity contribution in [2.45, 2.75) is 52.0 Å². The number of hydrogen-bond donors (Lipinski definition) is 0. The van der Waals surface area contributed by atoms with Crippen molar-refractivity contribution in [3.05, 3.63) is 53.1 Å². The molecule has 1 aliphatic rings. The number of fused-ring (bicyclic) bond motifs is 1. The van der Waals surface area contributed by atoms with E-state index >= 15 is 0 Å². The minimum Gasteiger partial charge on any atom is -0.366 e. The highest BCUT2D eigenvalue weighted by Gasteiger charge is 2.28. The SMILES string of the molecule is Cc1nc2n(c1C(C)N(C)C)CCCC2OCc1ccccc1. The highest BCUT2D eigenvalue weighted by Crippen LogP contribution is 2.33. The van der Waals surface area contributed by atoms with E-state index in [1.807, 2.05) is 6.07 Å². The summed E-state index contributed by atoms with van der Waals surface area (Å²) in [5.74, 6) is 1.10. The van der Waals surface area contributed by atoms with Gasteiger partial charge in [-0.05, 0) is 46.3 Å². The van der Waals surface area contributed by atoms with Crippen molar-refractivity contribution in [3.8, 4) is 0 Å². The number of ether oxygens (including phenoxy) is 1. The van der Waals surface area contributed by atoms with Crippen molar-refractivity contribution in [1.82, 2.24) is 14.5 Å². The van der Waals surface area contributed by atoms with E-state index in [0.29, 0.717) is 12.6 Å². The van der Waals surface area contributed by atoms with Crippen LogP contribution in [0.4, 0.5) is 0 Å². The van der Waals surface area contributed by atoms with Gasteiger partial charge in [0.1, 0.15) is 11.9 Å². The van der Waals surface area contributed by atoms with Gasteiger partial charge in [-0.15, -0.1) is 0 Å². The molecule has 4 heteroatoms. The molecule has 2 atom stereocenters. The first-order chi connectivity index (χ1) is 11.1. The van der Waals surface area contributed by atoms with Crippen molar-refractivity contribution in [2.75, 3.05) is 14.1 Å². The van der Waals surface area contributed by atoms with Gasteiger partial charge in [-0.2, -0.15) is 0 Å². The number of nitrogens with zero attached hydrogens (tertiary/aromatic N) is 3. The molecule has 1 aliphatic heterocycles. The summed E-state index contributed by atoms with van der Waals surface area (Å²) in [7, 11) is 4.24. The van der Waals surface area contributed by atoms with E-state index in [0.717, 1.165) is 30.9 Å². The van der Waals surface area contributed by atoms with Crippen LogP contribution in [-0.2, 0) is 17.9 Å². The number of aryl methyl sites for hydroxylation is 1. The Kier molecular flexibility index (Phi) is 4.83. The summed E-state index contributed by atoms with van der Waals surface area (Å²) < 4.78 is 8.60. The Labute approximate surface area is 139 Å². The van der Waals surface area contributed by atoms with E-state index in [-0.39, 0.29) is 6.10 Å². The van der Waals surface area contributed by atoms with Crippen LogP contribution in [0.15, 0.2) is 30.3 Å². The summed E-state index contributed by atoms with van der Waals surface area (Å²) in [4.78, 5) is 7.10. The van der Waals surface area contributed by atoms with Crippen LogP contribution in [0.3, 0.4) is 0 Å². The van der Waals surface area contributed by atoms with E-state index in [1.165, 1.54) is 11.3 Å². The minimum atomic E-state index is 0.103. The van der Waals surface area contributed by atoms with Gasteiger partial charge in [-0.25, -0.2) is 4.98 Å².